The molecule has 1 heterocycles. The fraction of sp³-hybridized carbons (Fsp3) is 1.00. The molecule has 0 amide bonds. The summed E-state index contributed by atoms with van der Waals surface area (Å²) in [5, 5.41) is 0. The standard InChI is InChI=1S/C14H28N2O/c1-2-16(13-6-4-3-5-7-13)14(12-15)8-10-17-11-9-14/h13H,2-12,15H2,1H3. The molecule has 1 aliphatic heterocycles. The maximum Gasteiger partial charge on any atom is 0.0484 e. The van der Waals surface area contributed by atoms with Gasteiger partial charge in [-0.3, -0.25) is 4.90 Å². The van der Waals surface area contributed by atoms with Crippen LogP contribution >= 0.6 is 0 Å². The van der Waals surface area contributed by atoms with E-state index in [0.717, 1.165) is 45.2 Å². The third-order valence-corrected chi connectivity index (χ3v) is 4.77. The van der Waals surface area contributed by atoms with E-state index in [1.165, 1.54) is 32.1 Å². The second kappa shape index (κ2) is 6.17. The van der Waals surface area contributed by atoms with Crippen LogP contribution in [0.25, 0.3) is 0 Å². The van der Waals surface area contributed by atoms with Gasteiger partial charge in [0.1, 0.15) is 0 Å². The Labute approximate surface area is 106 Å². The Kier molecular flexibility index (Phi) is 4.83. The molecule has 17 heavy (non-hydrogen) atoms. The quantitative estimate of drug-likeness (QED) is 0.818. The van der Waals surface area contributed by atoms with Crippen molar-refractivity contribution in [3.63, 3.8) is 0 Å². The normalized spacial score (nSPS) is 26.3. The molecule has 0 spiro atoms. The lowest BCUT2D eigenvalue weighted by atomic mass is 9.83. The van der Waals surface area contributed by atoms with Crippen molar-refractivity contribution in [1.82, 2.24) is 4.90 Å². The minimum absolute atomic E-state index is 0.231. The number of nitrogens with zero attached hydrogens (tertiary/aromatic N) is 1. The molecule has 0 radical (unpaired) electrons. The number of hydrogen-bond acceptors (Lipinski definition) is 3. The van der Waals surface area contributed by atoms with Gasteiger partial charge in [-0.05, 0) is 32.2 Å². The molecule has 0 bridgehead atoms. The highest BCUT2D eigenvalue weighted by Crippen LogP contribution is 2.33. The Hall–Kier alpha value is -0.120. The average molecular weight is 240 g/mol. The molecule has 0 aromatic carbocycles. The molecule has 0 unspecified atom stereocenters. The largest absolute Gasteiger partial charge is 0.381 e. The van der Waals surface area contributed by atoms with Gasteiger partial charge >= 0.3 is 0 Å². The first-order valence-electron chi connectivity index (χ1n) is 7.37. The van der Waals surface area contributed by atoms with Gasteiger partial charge in [0.15, 0.2) is 0 Å². The zero-order valence-electron chi connectivity index (χ0n) is 11.3. The molecule has 1 saturated carbocycles. The van der Waals surface area contributed by atoms with E-state index in [-0.39, 0.29) is 5.54 Å². The van der Waals surface area contributed by atoms with Crippen molar-refractivity contribution in [2.24, 2.45) is 5.73 Å². The van der Waals surface area contributed by atoms with Crippen LogP contribution in [0.15, 0.2) is 0 Å². The van der Waals surface area contributed by atoms with E-state index in [0.29, 0.717) is 0 Å². The summed E-state index contributed by atoms with van der Waals surface area (Å²) < 4.78 is 5.53. The lowest BCUT2D eigenvalue weighted by Crippen LogP contribution is -2.60. The number of likely N-dealkylation sites (N-methyl/N-ethyl adjacent to an activating group) is 1. The van der Waals surface area contributed by atoms with E-state index in [9.17, 15) is 0 Å². The topological polar surface area (TPSA) is 38.5 Å². The number of ether oxygens (including phenoxy) is 1. The zero-order valence-corrected chi connectivity index (χ0v) is 11.3. The van der Waals surface area contributed by atoms with Crippen LogP contribution in [0.3, 0.4) is 0 Å². The van der Waals surface area contributed by atoms with Gasteiger partial charge in [-0.15, -0.1) is 0 Å². The van der Waals surface area contributed by atoms with Gasteiger partial charge in [0, 0.05) is 31.3 Å². The Bertz CT molecular complexity index is 220. The molecular formula is C14H28N2O. The minimum Gasteiger partial charge on any atom is -0.381 e. The van der Waals surface area contributed by atoms with Crippen molar-refractivity contribution >= 4 is 0 Å². The van der Waals surface area contributed by atoms with Crippen LogP contribution in [-0.4, -0.2) is 42.8 Å². The Morgan fingerprint density at radius 2 is 1.82 bits per heavy atom. The average Bonchev–Trinajstić information content (AvgIpc) is 2.42. The molecule has 0 aromatic rings. The van der Waals surface area contributed by atoms with Crippen LogP contribution in [0.5, 0.6) is 0 Å². The van der Waals surface area contributed by atoms with Crippen LogP contribution in [0.4, 0.5) is 0 Å². The fourth-order valence-corrected chi connectivity index (χ4v) is 3.73. The maximum atomic E-state index is 6.12. The summed E-state index contributed by atoms with van der Waals surface area (Å²) in [5.41, 5.74) is 6.36. The van der Waals surface area contributed by atoms with Gasteiger partial charge in [0.25, 0.3) is 0 Å². The Morgan fingerprint density at radius 3 is 2.35 bits per heavy atom. The van der Waals surface area contributed by atoms with Gasteiger partial charge in [-0.1, -0.05) is 26.2 Å². The van der Waals surface area contributed by atoms with Gasteiger partial charge < -0.3 is 10.5 Å². The third-order valence-electron chi connectivity index (χ3n) is 4.77. The summed E-state index contributed by atoms with van der Waals surface area (Å²) in [5.74, 6) is 0. The van der Waals surface area contributed by atoms with E-state index >= 15 is 0 Å². The lowest BCUT2D eigenvalue weighted by Gasteiger charge is -2.50. The highest BCUT2D eigenvalue weighted by atomic mass is 16.5. The number of nitrogens with two attached hydrogens (primary N) is 1. The molecule has 0 atom stereocenters. The first kappa shape index (κ1) is 13.3. The molecule has 0 aromatic heterocycles. The minimum atomic E-state index is 0.231. The molecule has 2 N–H and O–H groups in total. The summed E-state index contributed by atoms with van der Waals surface area (Å²) in [7, 11) is 0. The van der Waals surface area contributed by atoms with Crippen LogP contribution < -0.4 is 5.73 Å². The predicted molar refractivity (Wildman–Crippen MR) is 71.1 cm³/mol. The second-order valence-corrected chi connectivity index (χ2v) is 5.62. The fourth-order valence-electron chi connectivity index (χ4n) is 3.73. The molecule has 1 saturated heterocycles. The summed E-state index contributed by atoms with van der Waals surface area (Å²) in [6, 6.07) is 0.774. The SMILES string of the molecule is CCN(C1CCCCC1)C1(CN)CCOCC1. The van der Waals surface area contributed by atoms with E-state index in [2.05, 4.69) is 11.8 Å². The molecule has 1 aliphatic carbocycles. The molecule has 100 valence electrons. The predicted octanol–water partition coefficient (Wildman–Crippen LogP) is 2.15. The van der Waals surface area contributed by atoms with Gasteiger partial charge in [0.05, 0.1) is 0 Å². The highest BCUT2D eigenvalue weighted by molar-refractivity contribution is 4.96. The summed E-state index contributed by atoms with van der Waals surface area (Å²) >= 11 is 0. The van der Waals surface area contributed by atoms with Gasteiger partial charge in [-0.2, -0.15) is 0 Å². The van der Waals surface area contributed by atoms with Crippen molar-refractivity contribution in [3.05, 3.63) is 0 Å². The number of hydrogen-bond donors (Lipinski definition) is 1. The third kappa shape index (κ3) is 2.83. The van der Waals surface area contributed by atoms with Gasteiger partial charge in [0.2, 0.25) is 0 Å². The highest BCUT2D eigenvalue weighted by Gasteiger charge is 2.39. The van der Waals surface area contributed by atoms with E-state index in [1.807, 2.05) is 0 Å². The summed E-state index contributed by atoms with van der Waals surface area (Å²) in [6.45, 7) is 6.00. The molecule has 3 nitrogen and oxygen atoms in total. The maximum absolute atomic E-state index is 6.12. The van der Waals surface area contributed by atoms with E-state index in [4.69, 9.17) is 10.5 Å². The zero-order chi connectivity index (χ0) is 12.1. The van der Waals surface area contributed by atoms with Crippen LogP contribution in [-0.2, 0) is 4.74 Å². The Morgan fingerprint density at radius 1 is 1.18 bits per heavy atom. The Balaban J connectivity index is 2.07. The summed E-state index contributed by atoms with van der Waals surface area (Å²) in [4.78, 5) is 2.72. The van der Waals surface area contributed by atoms with E-state index < -0.39 is 0 Å². The van der Waals surface area contributed by atoms with Gasteiger partial charge in [-0.25, -0.2) is 0 Å². The van der Waals surface area contributed by atoms with Crippen LogP contribution in [0.1, 0.15) is 51.9 Å². The number of rotatable bonds is 4. The van der Waals surface area contributed by atoms with E-state index in [1.54, 1.807) is 0 Å². The van der Waals surface area contributed by atoms with Crippen molar-refractivity contribution < 1.29 is 4.74 Å². The lowest BCUT2D eigenvalue weighted by molar-refractivity contribution is -0.0477. The first-order chi connectivity index (χ1) is 8.32. The smallest absolute Gasteiger partial charge is 0.0484 e. The molecule has 2 fully saturated rings. The van der Waals surface area contributed by atoms with Crippen LogP contribution in [0, 0.1) is 0 Å². The molecular weight excluding hydrogens is 212 g/mol. The van der Waals surface area contributed by atoms with Crippen LogP contribution in [0.2, 0.25) is 0 Å². The first-order valence-corrected chi connectivity index (χ1v) is 7.37. The monoisotopic (exact) mass is 240 g/mol. The molecule has 2 aliphatic rings. The van der Waals surface area contributed by atoms with Crippen molar-refractivity contribution in [3.8, 4) is 0 Å². The van der Waals surface area contributed by atoms with Crippen molar-refractivity contribution in [1.29, 1.82) is 0 Å². The summed E-state index contributed by atoms with van der Waals surface area (Å²) in [6.07, 6.45) is 9.21. The molecule has 3 heteroatoms. The second-order valence-electron chi connectivity index (χ2n) is 5.62. The van der Waals surface area contributed by atoms with Crippen molar-refractivity contribution in [2.75, 3.05) is 26.3 Å². The molecule has 2 rings (SSSR count). The van der Waals surface area contributed by atoms with Crippen molar-refractivity contribution in [2.45, 2.75) is 63.5 Å².